The Morgan fingerprint density at radius 3 is 2.39 bits per heavy atom. The zero-order chi connectivity index (χ0) is 48.7. The van der Waals surface area contributed by atoms with Gasteiger partial charge in [-0.05, 0) is 98.9 Å². The minimum absolute atomic E-state index is 0.00677. The summed E-state index contributed by atoms with van der Waals surface area (Å²) in [5.74, 6) is -0.155. The first-order chi connectivity index (χ1) is 32.1. The summed E-state index contributed by atoms with van der Waals surface area (Å²) in [6.07, 6.45) is 7.69. The maximum Gasteiger partial charge on any atom is 0.263 e. The first kappa shape index (κ1) is 52.5. The first-order valence-electron chi connectivity index (χ1n) is 23.2. The van der Waals surface area contributed by atoms with E-state index in [0.717, 1.165) is 58.7 Å². The number of imide groups is 1. The van der Waals surface area contributed by atoms with Gasteiger partial charge in [-0.15, -0.1) is 11.3 Å². The minimum Gasteiger partial charge on any atom is -0.493 e. The number of methoxy groups -OCH3 is 1. The number of unbranched alkanes of at least 4 members (excludes halogenated alkanes) is 4. The summed E-state index contributed by atoms with van der Waals surface area (Å²) in [7, 11) is 0.133. The highest BCUT2D eigenvalue weighted by atomic mass is 32.2. The van der Waals surface area contributed by atoms with E-state index in [9.17, 15) is 28.2 Å². The van der Waals surface area contributed by atoms with Crippen LogP contribution >= 0.6 is 11.3 Å². The molecular weight excluding hydrogens is 889 g/mol. The van der Waals surface area contributed by atoms with Crippen LogP contribution in [0.15, 0.2) is 66.2 Å². The molecule has 1 aliphatic rings. The third-order valence-electron chi connectivity index (χ3n) is 12.0. The van der Waals surface area contributed by atoms with Gasteiger partial charge in [0, 0.05) is 42.3 Å². The summed E-state index contributed by atoms with van der Waals surface area (Å²) in [5, 5.41) is 9.48. The predicted molar refractivity (Wildman–Crippen MR) is 266 cm³/mol. The molecule has 4 unspecified atom stereocenters. The molecule has 1 aromatic heterocycles. The number of rotatable bonds is 24. The molecule has 1 aliphatic heterocycles. The maximum atomic E-state index is 14.2. The number of carbonyl (C=O) groups is 5. The van der Waals surface area contributed by atoms with Gasteiger partial charge in [-0.2, -0.15) is 0 Å². The Bertz CT molecular complexity index is 2350. The van der Waals surface area contributed by atoms with E-state index in [1.807, 2.05) is 64.4 Å². The average Bonchev–Trinajstić information content (AvgIpc) is 3.97. The predicted octanol–water partition coefficient (Wildman–Crippen LogP) is 8.14. The molecule has 5 rings (SSSR count). The molecule has 1 saturated heterocycles. The molecule has 0 bridgehead atoms. The molecule has 362 valence electrons. The number of aromatic nitrogens is 1. The second kappa shape index (κ2) is 25.1. The van der Waals surface area contributed by atoms with E-state index in [2.05, 4.69) is 20.9 Å². The fourth-order valence-corrected chi connectivity index (χ4v) is 10.1. The molecule has 1 fully saturated rings. The van der Waals surface area contributed by atoms with Gasteiger partial charge in [0.1, 0.15) is 6.04 Å². The lowest BCUT2D eigenvalue weighted by Gasteiger charge is -2.35. The number of carbonyl (C=O) groups excluding carboxylic acids is 5. The molecular formula is C51H68N6O8S2. The van der Waals surface area contributed by atoms with Crippen molar-refractivity contribution in [3.8, 4) is 21.9 Å². The summed E-state index contributed by atoms with van der Waals surface area (Å²) in [5.41, 5.74) is 6.14. The van der Waals surface area contributed by atoms with Crippen LogP contribution in [0.2, 0.25) is 0 Å². The van der Waals surface area contributed by atoms with Crippen LogP contribution < -0.4 is 25.4 Å². The highest BCUT2D eigenvalue weighted by Crippen LogP contribution is 2.34. The van der Waals surface area contributed by atoms with Crippen molar-refractivity contribution in [1.82, 2.24) is 25.4 Å². The number of nitrogens with one attached hydrogen (secondary N) is 3. The molecule has 0 aliphatic carbocycles. The van der Waals surface area contributed by atoms with Crippen LogP contribution in [0.1, 0.15) is 118 Å². The smallest absolute Gasteiger partial charge is 0.263 e. The number of benzene rings is 3. The fraction of sp³-hybridized carbons (Fsp3) is 0.490. The molecule has 14 nitrogen and oxygen atoms in total. The number of amides is 5. The number of anilines is 1. The first-order valence-corrected chi connectivity index (χ1v) is 25.8. The highest BCUT2D eigenvalue weighted by molar-refractivity contribution is 7.84. The fourth-order valence-electron chi connectivity index (χ4n) is 8.47. The van der Waals surface area contributed by atoms with Crippen LogP contribution in [0.4, 0.5) is 5.69 Å². The third-order valence-corrected chi connectivity index (χ3v) is 13.8. The summed E-state index contributed by atoms with van der Waals surface area (Å²) >= 11 is 1.61. The molecule has 4 aromatic rings. The van der Waals surface area contributed by atoms with Crippen LogP contribution in [0.5, 0.6) is 11.5 Å². The Morgan fingerprint density at radius 1 is 1.00 bits per heavy atom. The van der Waals surface area contributed by atoms with Crippen LogP contribution in [-0.4, -0.2) is 99.9 Å². The van der Waals surface area contributed by atoms with Crippen molar-refractivity contribution in [2.45, 2.75) is 118 Å². The number of likely N-dealkylation sites (tertiary alicyclic amines) is 1. The minimum atomic E-state index is -1.38. The van der Waals surface area contributed by atoms with Crippen molar-refractivity contribution in [1.29, 1.82) is 0 Å². The summed E-state index contributed by atoms with van der Waals surface area (Å²) in [6.45, 7) is 13.6. The molecule has 3 N–H and O–H groups in total. The van der Waals surface area contributed by atoms with Crippen molar-refractivity contribution in [3.63, 3.8) is 0 Å². The van der Waals surface area contributed by atoms with Gasteiger partial charge >= 0.3 is 0 Å². The number of hydrogen-bond donors (Lipinski definition) is 3. The third kappa shape index (κ3) is 14.3. The Morgan fingerprint density at radius 2 is 1.73 bits per heavy atom. The molecule has 0 radical (unpaired) electrons. The topological polar surface area (TPSA) is 176 Å². The monoisotopic (exact) mass is 956 g/mol. The van der Waals surface area contributed by atoms with Crippen molar-refractivity contribution < 1.29 is 37.7 Å². The lowest BCUT2D eigenvalue weighted by molar-refractivity contribution is -0.142. The van der Waals surface area contributed by atoms with Crippen LogP contribution in [0.25, 0.3) is 10.4 Å². The lowest BCUT2D eigenvalue weighted by atomic mass is 9.85. The second-order valence-electron chi connectivity index (χ2n) is 18.1. The van der Waals surface area contributed by atoms with E-state index in [1.54, 1.807) is 59.6 Å². The van der Waals surface area contributed by atoms with E-state index in [4.69, 9.17) is 9.47 Å². The SMILES string of the molecule is CCOc1cc(C(CS(C)=O)N(C=O)C(=O)c2c(C)cccc2NC(=O)CCCCCCCNC(C(=O)N2CCCC2C(=O)NCc2ccc(-c3scnc3C)cc2)C(C)(C)C)ccc1OC. The summed E-state index contributed by atoms with van der Waals surface area (Å²) in [4.78, 5) is 75.9. The van der Waals surface area contributed by atoms with Crippen LogP contribution in [0.3, 0.4) is 0 Å². The Hall–Kier alpha value is -5.45. The lowest BCUT2D eigenvalue weighted by Crippen LogP contribution is -2.56. The van der Waals surface area contributed by atoms with Gasteiger partial charge in [-0.3, -0.25) is 33.1 Å². The van der Waals surface area contributed by atoms with Gasteiger partial charge in [0.2, 0.25) is 24.1 Å². The van der Waals surface area contributed by atoms with Crippen molar-refractivity contribution >= 4 is 57.9 Å². The van der Waals surface area contributed by atoms with Gasteiger partial charge in [-0.25, -0.2) is 4.98 Å². The Kier molecular flexibility index (Phi) is 19.6. The Labute approximate surface area is 402 Å². The Balaban J connectivity index is 1.08. The second-order valence-corrected chi connectivity index (χ2v) is 20.4. The molecule has 0 saturated carbocycles. The number of aryl methyl sites for hydroxylation is 2. The molecule has 0 spiro atoms. The number of thiazole rings is 1. The maximum absolute atomic E-state index is 14.2. The number of hydrogen-bond acceptors (Lipinski definition) is 11. The van der Waals surface area contributed by atoms with E-state index >= 15 is 0 Å². The standard InChI is InChI=1S/C51H68N6O8S2/c1-9-65-43-29-38(25-26-42(43)64-7)41(31-67(8)63)57(33-58)49(61)45-34(2)17-15-18-39(45)55-44(59)20-13-11-10-12-14-27-52-47(51(4,5)6)50(62)56-28-16-19-40(56)48(60)53-30-36-21-23-37(24-22-36)46-35(3)54-32-66-46/h15,17-18,21-26,29,32-33,40-41,47,52H,9-14,16,19-20,27-28,30-31H2,1-8H3,(H,53,60)(H,55,59). The molecule has 2 heterocycles. The molecule has 5 amide bonds. The number of ether oxygens (including phenoxy) is 2. The average molecular weight is 957 g/mol. The van der Waals surface area contributed by atoms with E-state index in [1.165, 1.54) is 13.4 Å². The molecule has 4 atom stereocenters. The quantitative estimate of drug-likeness (QED) is 0.0459. The largest absolute Gasteiger partial charge is 0.493 e. The van der Waals surface area contributed by atoms with E-state index < -0.39 is 34.8 Å². The number of nitrogens with zero attached hydrogens (tertiary/aromatic N) is 3. The van der Waals surface area contributed by atoms with Gasteiger partial charge in [-0.1, -0.05) is 82.5 Å². The zero-order valence-corrected chi connectivity index (χ0v) is 41.9. The van der Waals surface area contributed by atoms with E-state index in [0.29, 0.717) is 73.8 Å². The zero-order valence-electron chi connectivity index (χ0n) is 40.3. The molecule has 16 heteroatoms. The molecule has 67 heavy (non-hydrogen) atoms. The normalized spacial score (nSPS) is 15.0. The van der Waals surface area contributed by atoms with Gasteiger partial charge < -0.3 is 30.3 Å². The molecule has 3 aromatic carbocycles. The van der Waals surface area contributed by atoms with Crippen molar-refractivity contribution in [2.24, 2.45) is 5.41 Å². The van der Waals surface area contributed by atoms with Gasteiger partial charge in [0.15, 0.2) is 11.5 Å². The van der Waals surface area contributed by atoms with Crippen molar-refractivity contribution in [2.75, 3.05) is 44.1 Å². The van der Waals surface area contributed by atoms with Crippen LogP contribution in [0, 0.1) is 19.3 Å². The van der Waals surface area contributed by atoms with E-state index in [-0.39, 0.29) is 40.9 Å². The van der Waals surface area contributed by atoms with Crippen molar-refractivity contribution in [3.05, 3.63) is 94.1 Å². The van der Waals surface area contributed by atoms with Gasteiger partial charge in [0.25, 0.3) is 5.91 Å². The summed E-state index contributed by atoms with van der Waals surface area (Å²) in [6, 6.07) is 16.5. The highest BCUT2D eigenvalue weighted by Gasteiger charge is 2.41. The summed E-state index contributed by atoms with van der Waals surface area (Å²) < 4.78 is 23.7. The van der Waals surface area contributed by atoms with Crippen LogP contribution in [-0.2, 0) is 36.5 Å². The van der Waals surface area contributed by atoms with Gasteiger partial charge in [0.05, 0.1) is 53.1 Å².